The number of carbonyl (C=O) groups excluding carboxylic acids is 1. The van der Waals surface area contributed by atoms with Gasteiger partial charge in [-0.25, -0.2) is 0 Å². The predicted molar refractivity (Wildman–Crippen MR) is 103 cm³/mol. The van der Waals surface area contributed by atoms with Gasteiger partial charge in [-0.15, -0.1) is 0 Å². The van der Waals surface area contributed by atoms with Crippen molar-refractivity contribution in [3.8, 4) is 0 Å². The van der Waals surface area contributed by atoms with E-state index in [0.29, 0.717) is 18.9 Å². The summed E-state index contributed by atoms with van der Waals surface area (Å²) >= 11 is 0. The van der Waals surface area contributed by atoms with E-state index in [1.54, 1.807) is 6.26 Å². The average molecular weight is 360 g/mol. The molecule has 1 amide bonds. The monoisotopic (exact) mass is 360 g/mol. The molecule has 0 aliphatic carbocycles. The molecule has 3 rings (SSSR count). The van der Waals surface area contributed by atoms with Gasteiger partial charge in [0.25, 0.3) is 0 Å². The highest BCUT2D eigenvalue weighted by molar-refractivity contribution is 5.75. The van der Waals surface area contributed by atoms with Crippen LogP contribution in [0.4, 0.5) is 0 Å². The van der Waals surface area contributed by atoms with Crippen molar-refractivity contribution in [1.29, 1.82) is 0 Å². The van der Waals surface area contributed by atoms with Gasteiger partial charge in [-0.05, 0) is 76.2 Å². The van der Waals surface area contributed by atoms with E-state index < -0.39 is 0 Å². The van der Waals surface area contributed by atoms with Crippen molar-refractivity contribution >= 4 is 12.0 Å². The highest BCUT2D eigenvalue weighted by Gasteiger charge is 2.21. The molecule has 5 heteroatoms. The minimum atomic E-state index is 0.181. The van der Waals surface area contributed by atoms with Crippen LogP contribution in [0.15, 0.2) is 28.4 Å². The first-order valence-electron chi connectivity index (χ1n) is 10.0. The van der Waals surface area contributed by atoms with E-state index in [0.717, 1.165) is 51.3 Å². The number of hydrogen-bond donors (Lipinski definition) is 1. The van der Waals surface area contributed by atoms with Gasteiger partial charge in [0.1, 0.15) is 5.76 Å². The summed E-state index contributed by atoms with van der Waals surface area (Å²) in [7, 11) is 0. The Labute approximate surface area is 156 Å². The Bertz CT molecular complexity index is 568. The Hall–Kier alpha value is -1.59. The zero-order valence-corrected chi connectivity index (χ0v) is 15.9. The fraction of sp³-hybridized carbons (Fsp3) is 0.667. The molecule has 2 aliphatic heterocycles. The Balaban J connectivity index is 1.29. The molecule has 1 aromatic rings. The summed E-state index contributed by atoms with van der Waals surface area (Å²) < 4.78 is 10.9. The van der Waals surface area contributed by atoms with Gasteiger partial charge in [0.05, 0.1) is 12.4 Å². The molecule has 0 aromatic carbocycles. The number of nitrogens with one attached hydrogen (secondary N) is 1. The normalized spacial score (nSPS) is 22.7. The van der Waals surface area contributed by atoms with Crippen LogP contribution >= 0.6 is 0 Å². The third-order valence-corrected chi connectivity index (χ3v) is 5.44. The summed E-state index contributed by atoms with van der Waals surface area (Å²) in [5.74, 6) is 1.78. The lowest BCUT2D eigenvalue weighted by Gasteiger charge is -2.32. The number of carbonyl (C=O) groups is 1. The van der Waals surface area contributed by atoms with E-state index >= 15 is 0 Å². The molecule has 1 N–H and O–H groups in total. The number of rotatable bonds is 8. The molecule has 144 valence electrons. The van der Waals surface area contributed by atoms with E-state index in [4.69, 9.17) is 9.15 Å². The maximum absolute atomic E-state index is 12.0. The van der Waals surface area contributed by atoms with Crippen LogP contribution in [0, 0.1) is 5.92 Å². The second-order valence-corrected chi connectivity index (χ2v) is 7.70. The van der Waals surface area contributed by atoms with E-state index in [2.05, 4.69) is 23.2 Å². The van der Waals surface area contributed by atoms with Crippen LogP contribution in [0.2, 0.25) is 0 Å². The molecule has 5 nitrogen and oxygen atoms in total. The maximum atomic E-state index is 12.0. The van der Waals surface area contributed by atoms with E-state index in [1.165, 1.54) is 18.4 Å². The smallest absolute Gasteiger partial charge is 0.220 e. The van der Waals surface area contributed by atoms with Crippen molar-refractivity contribution < 1.29 is 13.9 Å². The van der Waals surface area contributed by atoms with Crippen LogP contribution in [0.1, 0.15) is 51.2 Å². The molecule has 1 atom stereocenters. The molecule has 1 unspecified atom stereocenters. The summed E-state index contributed by atoms with van der Waals surface area (Å²) in [6.45, 7) is 6.91. The van der Waals surface area contributed by atoms with Crippen LogP contribution < -0.4 is 5.32 Å². The van der Waals surface area contributed by atoms with Crippen molar-refractivity contribution in [3.63, 3.8) is 0 Å². The van der Waals surface area contributed by atoms with Crippen LogP contribution in [0.25, 0.3) is 6.08 Å². The van der Waals surface area contributed by atoms with Gasteiger partial charge in [-0.1, -0.05) is 5.57 Å². The fourth-order valence-corrected chi connectivity index (χ4v) is 3.90. The molecular weight excluding hydrogens is 328 g/mol. The van der Waals surface area contributed by atoms with Crippen molar-refractivity contribution in [1.82, 2.24) is 10.2 Å². The molecular formula is C21H32N2O3. The summed E-state index contributed by atoms with van der Waals surface area (Å²) in [5.41, 5.74) is 1.33. The van der Waals surface area contributed by atoms with Gasteiger partial charge in [0.15, 0.2) is 0 Å². The Morgan fingerprint density at radius 1 is 1.35 bits per heavy atom. The van der Waals surface area contributed by atoms with Crippen LogP contribution in [-0.4, -0.2) is 49.7 Å². The van der Waals surface area contributed by atoms with Gasteiger partial charge in [0.2, 0.25) is 5.91 Å². The first-order valence-corrected chi connectivity index (χ1v) is 10.0. The average Bonchev–Trinajstić information content (AvgIpc) is 3.33. The number of amides is 1. The molecule has 2 saturated heterocycles. The lowest BCUT2D eigenvalue weighted by atomic mass is 9.92. The molecule has 2 aliphatic rings. The van der Waals surface area contributed by atoms with Crippen LogP contribution in [0.5, 0.6) is 0 Å². The lowest BCUT2D eigenvalue weighted by molar-refractivity contribution is -0.122. The summed E-state index contributed by atoms with van der Waals surface area (Å²) in [6.07, 6.45) is 10.3. The number of hydrogen-bond acceptors (Lipinski definition) is 4. The zero-order valence-electron chi connectivity index (χ0n) is 15.9. The fourth-order valence-electron chi connectivity index (χ4n) is 3.90. The van der Waals surface area contributed by atoms with E-state index in [9.17, 15) is 4.79 Å². The maximum Gasteiger partial charge on any atom is 0.220 e. The molecule has 3 heterocycles. The quantitative estimate of drug-likeness (QED) is 0.771. The molecule has 0 saturated carbocycles. The third kappa shape index (κ3) is 6.29. The summed E-state index contributed by atoms with van der Waals surface area (Å²) in [6, 6.07) is 3.90. The Morgan fingerprint density at radius 3 is 2.88 bits per heavy atom. The second-order valence-electron chi connectivity index (χ2n) is 7.70. The minimum absolute atomic E-state index is 0.181. The number of nitrogens with zero attached hydrogens (tertiary/aromatic N) is 1. The second kappa shape index (κ2) is 9.93. The van der Waals surface area contributed by atoms with Crippen molar-refractivity contribution in [3.05, 3.63) is 29.7 Å². The van der Waals surface area contributed by atoms with Crippen molar-refractivity contribution in [2.45, 2.75) is 51.6 Å². The highest BCUT2D eigenvalue weighted by atomic mass is 16.5. The van der Waals surface area contributed by atoms with E-state index in [1.807, 2.05) is 12.1 Å². The van der Waals surface area contributed by atoms with Crippen LogP contribution in [0.3, 0.4) is 0 Å². The predicted octanol–water partition coefficient (Wildman–Crippen LogP) is 3.47. The molecule has 1 aromatic heterocycles. The Kier molecular flexibility index (Phi) is 7.32. The lowest BCUT2D eigenvalue weighted by Crippen LogP contribution is -2.35. The van der Waals surface area contributed by atoms with Crippen molar-refractivity contribution in [2.75, 3.05) is 32.8 Å². The first-order chi connectivity index (χ1) is 12.7. The van der Waals surface area contributed by atoms with Gasteiger partial charge >= 0.3 is 0 Å². The highest BCUT2D eigenvalue weighted by Crippen LogP contribution is 2.23. The van der Waals surface area contributed by atoms with Gasteiger partial charge < -0.3 is 14.5 Å². The number of furan rings is 1. The zero-order chi connectivity index (χ0) is 18.2. The van der Waals surface area contributed by atoms with Gasteiger partial charge in [0, 0.05) is 26.1 Å². The molecule has 0 bridgehead atoms. The first kappa shape index (κ1) is 19.2. The van der Waals surface area contributed by atoms with Crippen molar-refractivity contribution in [2.24, 2.45) is 5.92 Å². The SMILES string of the molecule is CC(=Cc1ccco1)CN1CCC(CCC(=O)NCC2CCCO2)CC1. The largest absolute Gasteiger partial charge is 0.465 e. The molecule has 2 fully saturated rings. The number of ether oxygens (including phenoxy) is 1. The number of likely N-dealkylation sites (tertiary alicyclic amines) is 1. The minimum Gasteiger partial charge on any atom is -0.465 e. The summed E-state index contributed by atoms with van der Waals surface area (Å²) in [5, 5.41) is 3.03. The third-order valence-electron chi connectivity index (χ3n) is 5.44. The number of piperidine rings is 1. The van der Waals surface area contributed by atoms with Gasteiger partial charge in [-0.2, -0.15) is 0 Å². The summed E-state index contributed by atoms with van der Waals surface area (Å²) in [4.78, 5) is 14.5. The molecule has 26 heavy (non-hydrogen) atoms. The molecule has 0 radical (unpaired) electrons. The topological polar surface area (TPSA) is 54.7 Å². The van der Waals surface area contributed by atoms with Gasteiger partial charge in [-0.3, -0.25) is 9.69 Å². The molecule has 0 spiro atoms. The standard InChI is InChI=1S/C21H32N2O3/c1-17(14-19-4-2-12-25-19)16-23-10-8-18(9-11-23)6-7-21(24)22-15-20-5-3-13-26-20/h2,4,12,14,18,20H,3,5-11,13,15-16H2,1H3,(H,22,24). The van der Waals surface area contributed by atoms with Crippen LogP contribution in [-0.2, 0) is 9.53 Å². The Morgan fingerprint density at radius 2 is 2.19 bits per heavy atom. The van der Waals surface area contributed by atoms with E-state index in [-0.39, 0.29) is 12.0 Å².